The Hall–Kier alpha value is -0.290. The van der Waals surface area contributed by atoms with Gasteiger partial charge in [0.05, 0.1) is 6.10 Å². The fourth-order valence-corrected chi connectivity index (χ4v) is 1.91. The van der Waals surface area contributed by atoms with Crippen molar-refractivity contribution in [2.24, 2.45) is 0 Å². The third kappa shape index (κ3) is 4.70. The Balaban J connectivity index is 2.28. The van der Waals surface area contributed by atoms with Crippen LogP contribution in [-0.4, -0.2) is 42.4 Å². The molecule has 0 amide bonds. The summed E-state index contributed by atoms with van der Waals surface area (Å²) in [5, 5.41) is 0. The van der Waals surface area contributed by atoms with Gasteiger partial charge in [0.1, 0.15) is 6.61 Å². The third-order valence-electron chi connectivity index (χ3n) is 2.87. The topological polar surface area (TPSA) is 12.5 Å². The van der Waals surface area contributed by atoms with Gasteiger partial charge in [-0.25, -0.2) is 0 Å². The lowest BCUT2D eigenvalue weighted by atomic mass is 9.99. The van der Waals surface area contributed by atoms with E-state index in [2.05, 4.69) is 25.7 Å². The zero-order valence-corrected chi connectivity index (χ0v) is 10.1. The number of hydrogen-bond donors (Lipinski definition) is 0. The minimum Gasteiger partial charge on any atom is -0.369 e. The minimum absolute atomic E-state index is 0.0923. The van der Waals surface area contributed by atoms with Gasteiger partial charge in [-0.15, -0.1) is 0 Å². The maximum atomic E-state index is 11.9. The number of alkyl halides is 3. The summed E-state index contributed by atoms with van der Waals surface area (Å²) >= 11 is 0. The highest BCUT2D eigenvalue weighted by Gasteiger charge is 2.32. The van der Waals surface area contributed by atoms with Gasteiger partial charge in [0.15, 0.2) is 0 Å². The van der Waals surface area contributed by atoms with E-state index in [0.29, 0.717) is 12.8 Å². The van der Waals surface area contributed by atoms with Gasteiger partial charge in [0.25, 0.3) is 0 Å². The van der Waals surface area contributed by atoms with Crippen molar-refractivity contribution in [2.45, 2.75) is 51.4 Å². The first kappa shape index (κ1) is 13.8. The van der Waals surface area contributed by atoms with Crippen molar-refractivity contribution in [3.05, 3.63) is 0 Å². The summed E-state index contributed by atoms with van der Waals surface area (Å²) in [6, 6.07) is 0. The highest BCUT2D eigenvalue weighted by atomic mass is 19.4. The molecule has 0 unspecified atom stereocenters. The van der Waals surface area contributed by atoms with E-state index < -0.39 is 12.8 Å². The number of rotatable bonds is 2. The second kappa shape index (κ2) is 4.92. The molecule has 0 aliphatic carbocycles. The van der Waals surface area contributed by atoms with Crippen LogP contribution in [0.2, 0.25) is 0 Å². The molecule has 2 nitrogen and oxygen atoms in total. The van der Waals surface area contributed by atoms with Gasteiger partial charge in [0.2, 0.25) is 0 Å². The summed E-state index contributed by atoms with van der Waals surface area (Å²) in [4.78, 5) is 2.28. The van der Waals surface area contributed by atoms with Crippen molar-refractivity contribution >= 4 is 0 Å². The molecule has 16 heavy (non-hydrogen) atoms. The molecule has 0 bridgehead atoms. The Morgan fingerprint density at radius 2 is 1.62 bits per heavy atom. The molecule has 96 valence electrons. The monoisotopic (exact) mass is 239 g/mol. The van der Waals surface area contributed by atoms with Gasteiger partial charge in [-0.2, -0.15) is 13.2 Å². The Morgan fingerprint density at radius 1 is 1.12 bits per heavy atom. The van der Waals surface area contributed by atoms with E-state index in [1.165, 1.54) is 0 Å². The average Bonchev–Trinajstić information content (AvgIpc) is 2.13. The molecule has 0 aromatic rings. The number of piperidine rings is 1. The molecule has 1 rings (SSSR count). The average molecular weight is 239 g/mol. The first-order chi connectivity index (χ1) is 7.18. The summed E-state index contributed by atoms with van der Waals surface area (Å²) < 4.78 is 40.7. The first-order valence-corrected chi connectivity index (χ1v) is 5.62. The van der Waals surface area contributed by atoms with Crippen molar-refractivity contribution in [3.8, 4) is 0 Å². The van der Waals surface area contributed by atoms with Crippen LogP contribution >= 0.6 is 0 Å². The molecule has 1 heterocycles. The molecule has 0 radical (unpaired) electrons. The van der Waals surface area contributed by atoms with E-state index >= 15 is 0 Å². The number of nitrogens with zero attached hydrogens (tertiary/aromatic N) is 1. The molecule has 0 spiro atoms. The summed E-state index contributed by atoms with van der Waals surface area (Å²) in [5.74, 6) is 0. The van der Waals surface area contributed by atoms with Crippen molar-refractivity contribution in [1.29, 1.82) is 0 Å². The largest absolute Gasteiger partial charge is 0.411 e. The Labute approximate surface area is 94.8 Å². The third-order valence-corrected chi connectivity index (χ3v) is 2.87. The molecule has 0 saturated carbocycles. The van der Waals surface area contributed by atoms with Gasteiger partial charge in [-0.1, -0.05) is 0 Å². The summed E-state index contributed by atoms with van der Waals surface area (Å²) in [5.41, 5.74) is 0.0923. The molecule has 1 saturated heterocycles. The Bertz CT molecular complexity index is 214. The molecule has 0 atom stereocenters. The molecule has 1 fully saturated rings. The van der Waals surface area contributed by atoms with Crippen LogP contribution < -0.4 is 0 Å². The summed E-state index contributed by atoms with van der Waals surface area (Å²) in [6.45, 7) is 6.85. The van der Waals surface area contributed by atoms with E-state index in [1.807, 2.05) is 0 Å². The first-order valence-electron chi connectivity index (χ1n) is 5.62. The molecule has 0 aromatic carbocycles. The van der Waals surface area contributed by atoms with Crippen molar-refractivity contribution in [1.82, 2.24) is 4.90 Å². The van der Waals surface area contributed by atoms with Crippen molar-refractivity contribution < 1.29 is 17.9 Å². The number of ether oxygens (including phenoxy) is 1. The normalized spacial score (nSPS) is 21.4. The fourth-order valence-electron chi connectivity index (χ4n) is 1.91. The summed E-state index contributed by atoms with van der Waals surface area (Å²) in [7, 11) is 0. The smallest absolute Gasteiger partial charge is 0.369 e. The zero-order valence-electron chi connectivity index (χ0n) is 10.1. The molecule has 5 heteroatoms. The molecular formula is C11H20F3NO. The lowest BCUT2D eigenvalue weighted by Crippen LogP contribution is -2.47. The van der Waals surface area contributed by atoms with E-state index in [0.717, 1.165) is 13.1 Å². The lowest BCUT2D eigenvalue weighted by Gasteiger charge is -2.40. The number of likely N-dealkylation sites (tertiary alicyclic amines) is 1. The quantitative estimate of drug-likeness (QED) is 0.734. The molecule has 0 N–H and O–H groups in total. The van der Waals surface area contributed by atoms with Crippen LogP contribution in [0, 0.1) is 0 Å². The van der Waals surface area contributed by atoms with Gasteiger partial charge in [0, 0.05) is 18.6 Å². The number of halogens is 3. The van der Waals surface area contributed by atoms with Crippen LogP contribution in [0.25, 0.3) is 0 Å². The van der Waals surface area contributed by atoms with Crippen LogP contribution in [0.1, 0.15) is 33.6 Å². The Morgan fingerprint density at radius 3 is 2.00 bits per heavy atom. The van der Waals surface area contributed by atoms with E-state index in [-0.39, 0.29) is 11.6 Å². The fraction of sp³-hybridized carbons (Fsp3) is 1.00. The van der Waals surface area contributed by atoms with Crippen LogP contribution in [0.15, 0.2) is 0 Å². The minimum atomic E-state index is -4.21. The molecular weight excluding hydrogens is 219 g/mol. The van der Waals surface area contributed by atoms with Crippen molar-refractivity contribution in [2.75, 3.05) is 19.7 Å². The predicted octanol–water partition coefficient (Wildman–Crippen LogP) is 2.83. The highest BCUT2D eigenvalue weighted by Crippen LogP contribution is 2.23. The summed E-state index contributed by atoms with van der Waals surface area (Å²) in [6.07, 6.45) is -3.07. The van der Waals surface area contributed by atoms with Crippen LogP contribution in [0.3, 0.4) is 0 Å². The van der Waals surface area contributed by atoms with Gasteiger partial charge < -0.3 is 4.74 Å². The second-order valence-corrected chi connectivity index (χ2v) is 5.28. The predicted molar refractivity (Wildman–Crippen MR) is 56.4 cm³/mol. The maximum absolute atomic E-state index is 11.9. The second-order valence-electron chi connectivity index (χ2n) is 5.28. The molecule has 1 aliphatic heterocycles. The van der Waals surface area contributed by atoms with E-state index in [1.54, 1.807) is 0 Å². The van der Waals surface area contributed by atoms with Crippen LogP contribution in [-0.2, 0) is 4.74 Å². The van der Waals surface area contributed by atoms with Gasteiger partial charge >= 0.3 is 6.18 Å². The van der Waals surface area contributed by atoms with Gasteiger partial charge in [-0.3, -0.25) is 4.90 Å². The highest BCUT2D eigenvalue weighted by molar-refractivity contribution is 4.82. The maximum Gasteiger partial charge on any atom is 0.411 e. The SMILES string of the molecule is CC(C)(C)N1CCC(OCC(F)(F)F)CC1. The van der Waals surface area contributed by atoms with Crippen molar-refractivity contribution in [3.63, 3.8) is 0 Å². The molecule has 1 aliphatic rings. The van der Waals surface area contributed by atoms with Gasteiger partial charge in [-0.05, 0) is 33.6 Å². The zero-order chi connectivity index (χ0) is 12.4. The lowest BCUT2D eigenvalue weighted by molar-refractivity contribution is -0.189. The standard InChI is InChI=1S/C11H20F3NO/c1-10(2,3)15-6-4-9(5-7-15)16-8-11(12,13)14/h9H,4-8H2,1-3H3. The van der Waals surface area contributed by atoms with E-state index in [4.69, 9.17) is 4.74 Å². The van der Waals surface area contributed by atoms with Crippen LogP contribution in [0.5, 0.6) is 0 Å². The Kier molecular flexibility index (Phi) is 4.23. The molecule has 0 aromatic heterocycles. The number of hydrogen-bond acceptors (Lipinski definition) is 2. The van der Waals surface area contributed by atoms with E-state index in [9.17, 15) is 13.2 Å². The van der Waals surface area contributed by atoms with Crippen LogP contribution in [0.4, 0.5) is 13.2 Å².